The van der Waals surface area contributed by atoms with Crippen LogP contribution in [0.2, 0.25) is 0 Å². The van der Waals surface area contributed by atoms with Gasteiger partial charge in [-0.2, -0.15) is 0 Å². The minimum Gasteiger partial charge on any atom is -0.459 e. The van der Waals surface area contributed by atoms with Gasteiger partial charge in [-0.1, -0.05) is 26.8 Å². The monoisotopic (exact) mass is 553 g/mol. The number of hydrogen-bond donors (Lipinski definition) is 1. The molecule has 3 atom stereocenters. The van der Waals surface area contributed by atoms with E-state index in [0.717, 1.165) is 0 Å². The van der Waals surface area contributed by atoms with Gasteiger partial charge in [0.15, 0.2) is 11.5 Å². The lowest BCUT2D eigenvalue weighted by molar-refractivity contribution is -0.166. The lowest BCUT2D eigenvalue weighted by atomic mass is 10.1. The minimum absolute atomic E-state index is 0.00807. The number of rotatable bonds is 13. The van der Waals surface area contributed by atoms with E-state index in [9.17, 15) is 19.2 Å². The van der Waals surface area contributed by atoms with Crippen molar-refractivity contribution < 1.29 is 47.6 Å². The maximum atomic E-state index is 12.6. The average Bonchev–Trinajstić information content (AvgIpc) is 2.84. The summed E-state index contributed by atoms with van der Waals surface area (Å²) in [6.45, 7) is 15.5. The molecule has 0 saturated heterocycles. The highest BCUT2D eigenvalue weighted by Gasteiger charge is 2.27. The van der Waals surface area contributed by atoms with E-state index in [1.165, 1.54) is 12.1 Å². The Morgan fingerprint density at radius 1 is 0.795 bits per heavy atom. The van der Waals surface area contributed by atoms with Crippen LogP contribution < -0.4 is 15.2 Å². The Kier molecular flexibility index (Phi) is 12.7. The predicted molar refractivity (Wildman–Crippen MR) is 142 cm³/mol. The van der Waals surface area contributed by atoms with Crippen LogP contribution in [0, 0.1) is 0 Å². The van der Waals surface area contributed by atoms with Crippen LogP contribution in [0.15, 0.2) is 18.2 Å². The number of ether oxygens (including phenoxy) is 6. The molecule has 2 N–H and O–H groups in total. The van der Waals surface area contributed by atoms with E-state index in [4.69, 9.17) is 34.2 Å². The second-order valence-corrected chi connectivity index (χ2v) is 10.4. The molecule has 1 aromatic rings. The summed E-state index contributed by atoms with van der Waals surface area (Å²) in [7, 11) is 0. The van der Waals surface area contributed by atoms with Crippen molar-refractivity contribution in [3.63, 3.8) is 0 Å². The van der Waals surface area contributed by atoms with Gasteiger partial charge in [-0.25, -0.2) is 9.59 Å². The van der Waals surface area contributed by atoms with Crippen molar-refractivity contribution in [2.75, 3.05) is 0 Å². The lowest BCUT2D eigenvalue weighted by Crippen LogP contribution is -2.39. The molecule has 0 amide bonds. The molecule has 0 saturated carbocycles. The summed E-state index contributed by atoms with van der Waals surface area (Å²) in [4.78, 5) is 48.9. The van der Waals surface area contributed by atoms with Gasteiger partial charge in [0.1, 0.15) is 29.5 Å². The summed E-state index contributed by atoms with van der Waals surface area (Å²) < 4.78 is 31.9. The van der Waals surface area contributed by atoms with Gasteiger partial charge in [0.25, 0.3) is 0 Å². The third-order valence-corrected chi connectivity index (χ3v) is 6.14. The SMILES string of the molecule is CCC(=O)O[C@@H](C)[C@H](C)OC(=O)[C@@H](N)Cc1ccc(OC(=O)OC(C)(C)CC)c(OC(=O)OC(C)(C)CC)c1. The van der Waals surface area contributed by atoms with Gasteiger partial charge >= 0.3 is 24.2 Å². The minimum atomic E-state index is -1.08. The summed E-state index contributed by atoms with van der Waals surface area (Å²) in [5, 5.41) is 0. The first-order valence-corrected chi connectivity index (χ1v) is 13.1. The van der Waals surface area contributed by atoms with Crippen molar-refractivity contribution >= 4 is 24.2 Å². The number of nitrogens with two attached hydrogens (primary N) is 1. The van der Waals surface area contributed by atoms with E-state index in [2.05, 4.69) is 0 Å². The topological polar surface area (TPSA) is 150 Å². The molecule has 0 aromatic heterocycles. The fourth-order valence-electron chi connectivity index (χ4n) is 2.75. The van der Waals surface area contributed by atoms with Crippen LogP contribution in [-0.2, 0) is 35.0 Å². The van der Waals surface area contributed by atoms with Crippen LogP contribution in [0.1, 0.15) is 87.1 Å². The van der Waals surface area contributed by atoms with Crippen molar-refractivity contribution in [2.24, 2.45) is 5.73 Å². The molecule has 39 heavy (non-hydrogen) atoms. The van der Waals surface area contributed by atoms with E-state index in [1.807, 2.05) is 13.8 Å². The normalized spacial score (nSPS) is 13.9. The molecule has 1 aromatic carbocycles. The number of hydrogen-bond acceptors (Lipinski definition) is 11. The zero-order valence-electron chi connectivity index (χ0n) is 24.5. The van der Waals surface area contributed by atoms with Crippen LogP contribution in [0.3, 0.4) is 0 Å². The molecule has 1 rings (SSSR count). The van der Waals surface area contributed by atoms with Crippen molar-refractivity contribution in [3.8, 4) is 11.5 Å². The Balaban J connectivity index is 3.07. The van der Waals surface area contributed by atoms with Crippen LogP contribution in [0.25, 0.3) is 0 Å². The molecule has 11 nitrogen and oxygen atoms in total. The van der Waals surface area contributed by atoms with Crippen LogP contribution in [0.5, 0.6) is 11.5 Å². The molecule has 0 aliphatic carbocycles. The Morgan fingerprint density at radius 3 is 1.77 bits per heavy atom. The molecule has 0 bridgehead atoms. The fraction of sp³-hybridized carbons (Fsp3) is 0.643. The summed E-state index contributed by atoms with van der Waals surface area (Å²) in [5.74, 6) is -1.32. The lowest BCUT2D eigenvalue weighted by Gasteiger charge is -2.24. The first kappa shape index (κ1) is 33.7. The fourth-order valence-corrected chi connectivity index (χ4v) is 2.75. The summed E-state index contributed by atoms with van der Waals surface area (Å²) in [6.07, 6.45) is -2.05. The Hall–Kier alpha value is -3.34. The summed E-state index contributed by atoms with van der Waals surface area (Å²) in [5.41, 5.74) is 5.00. The average molecular weight is 554 g/mol. The maximum Gasteiger partial charge on any atom is 0.514 e. The van der Waals surface area contributed by atoms with Gasteiger partial charge in [0.2, 0.25) is 0 Å². The highest BCUT2D eigenvalue weighted by Crippen LogP contribution is 2.31. The molecule has 0 unspecified atom stereocenters. The standard InChI is InChI=1S/C28H43NO10/c1-10-23(30)34-17(4)18(5)35-24(31)20(29)15-19-13-14-21(36-25(32)38-27(6,7)11-2)22(16-19)37-26(33)39-28(8,9)12-3/h13-14,16-18,20H,10-12,15,29H2,1-9H3/t17-,18-,20-/m0/s1. The van der Waals surface area contributed by atoms with Gasteiger partial charge in [0, 0.05) is 6.42 Å². The zero-order chi connectivity index (χ0) is 30.0. The van der Waals surface area contributed by atoms with Gasteiger partial charge in [-0.15, -0.1) is 0 Å². The predicted octanol–water partition coefficient (Wildman–Crippen LogP) is 5.24. The highest BCUT2D eigenvalue weighted by atomic mass is 16.8. The van der Waals surface area contributed by atoms with Crippen LogP contribution in [-0.4, -0.2) is 53.7 Å². The second-order valence-electron chi connectivity index (χ2n) is 10.4. The first-order valence-electron chi connectivity index (χ1n) is 13.1. The molecule has 0 heterocycles. The van der Waals surface area contributed by atoms with Crippen molar-refractivity contribution in [2.45, 2.75) is 117 Å². The van der Waals surface area contributed by atoms with Gasteiger partial charge in [0.05, 0.1) is 0 Å². The number of esters is 2. The molecule has 220 valence electrons. The number of benzene rings is 1. The van der Waals surface area contributed by atoms with Gasteiger partial charge < -0.3 is 34.2 Å². The number of carbonyl (C=O) groups excluding carboxylic acids is 4. The van der Waals surface area contributed by atoms with Crippen molar-refractivity contribution in [3.05, 3.63) is 23.8 Å². The molecule has 0 aliphatic rings. The molecule has 0 fully saturated rings. The van der Waals surface area contributed by atoms with Gasteiger partial charge in [-0.05, 0) is 78.5 Å². The Morgan fingerprint density at radius 2 is 1.28 bits per heavy atom. The molecule has 0 radical (unpaired) electrons. The molecule has 0 spiro atoms. The smallest absolute Gasteiger partial charge is 0.459 e. The van der Waals surface area contributed by atoms with Crippen LogP contribution >= 0.6 is 0 Å². The summed E-state index contributed by atoms with van der Waals surface area (Å²) >= 11 is 0. The van der Waals surface area contributed by atoms with E-state index in [1.54, 1.807) is 54.5 Å². The highest BCUT2D eigenvalue weighted by molar-refractivity contribution is 5.76. The Labute approximate surface area is 230 Å². The van der Waals surface area contributed by atoms with Crippen LogP contribution in [0.4, 0.5) is 9.59 Å². The zero-order valence-corrected chi connectivity index (χ0v) is 24.5. The largest absolute Gasteiger partial charge is 0.514 e. The third-order valence-electron chi connectivity index (χ3n) is 6.14. The number of carbonyl (C=O) groups is 4. The van der Waals surface area contributed by atoms with Crippen molar-refractivity contribution in [1.82, 2.24) is 0 Å². The molecule has 0 aliphatic heterocycles. The Bertz CT molecular complexity index is 1000. The second kappa shape index (κ2) is 14.7. The quantitative estimate of drug-likeness (QED) is 0.194. The van der Waals surface area contributed by atoms with E-state index >= 15 is 0 Å². The van der Waals surface area contributed by atoms with E-state index < -0.39 is 53.7 Å². The maximum absolute atomic E-state index is 12.6. The first-order chi connectivity index (χ1) is 18.0. The third kappa shape index (κ3) is 11.9. The summed E-state index contributed by atoms with van der Waals surface area (Å²) in [6, 6.07) is 3.29. The van der Waals surface area contributed by atoms with Crippen molar-refractivity contribution in [1.29, 1.82) is 0 Å². The molecule has 11 heteroatoms. The van der Waals surface area contributed by atoms with E-state index in [0.29, 0.717) is 18.4 Å². The molecular weight excluding hydrogens is 510 g/mol. The molecular formula is C28H43NO10. The van der Waals surface area contributed by atoms with E-state index in [-0.39, 0.29) is 24.3 Å². The van der Waals surface area contributed by atoms with Gasteiger partial charge in [-0.3, -0.25) is 9.59 Å².